The maximum atomic E-state index is 3.85. The summed E-state index contributed by atoms with van der Waals surface area (Å²) in [6.45, 7) is 9.95. The summed E-state index contributed by atoms with van der Waals surface area (Å²) in [5.74, 6) is 0. The average Bonchev–Trinajstić information content (AvgIpc) is 3.66. The lowest BCUT2D eigenvalue weighted by atomic mass is 10.0. The van der Waals surface area contributed by atoms with Gasteiger partial charge in [-0.15, -0.1) is 0 Å². The summed E-state index contributed by atoms with van der Waals surface area (Å²) < 4.78 is 4.61. The molecule has 8 aromatic rings. The van der Waals surface area contributed by atoms with Gasteiger partial charge in [0.2, 0.25) is 0 Å². The lowest BCUT2D eigenvalue weighted by Gasteiger charge is -2.20. The first-order valence-corrected chi connectivity index (χ1v) is 17.1. The van der Waals surface area contributed by atoms with E-state index in [9.17, 15) is 0 Å². The summed E-state index contributed by atoms with van der Waals surface area (Å²) in [5.41, 5.74) is 14.5. The van der Waals surface area contributed by atoms with E-state index in [2.05, 4.69) is 186 Å². The molecule has 3 nitrogen and oxygen atoms in total. The standard InChI is InChI=1S/C44H35N3.C2H6/c1-3-14-31(2)23-26-40(32-15-6-4-7-16-32)45-47-43-22-13-11-20-37(43)39-30-34(25-28-44(39)47)33-24-27-42-38(29-33)36-19-10-12-21-41(36)46(42)35-17-8-5-9-18-35;1-2/h3-30,40,45H,1H2,2H3;1-2H3/b26-23-,31-14+;. The molecule has 1 atom stereocenters. The zero-order valence-corrected chi connectivity index (χ0v) is 28.3. The second kappa shape index (κ2) is 14.0. The van der Waals surface area contributed by atoms with Gasteiger partial charge in [-0.05, 0) is 72.1 Å². The van der Waals surface area contributed by atoms with Gasteiger partial charge in [0.15, 0.2) is 0 Å². The fraction of sp³-hybridized carbons (Fsp3) is 0.0870. The maximum absolute atomic E-state index is 3.85. The number of nitrogens with zero attached hydrogens (tertiary/aromatic N) is 2. The van der Waals surface area contributed by atoms with E-state index in [1.165, 1.54) is 55.0 Å². The van der Waals surface area contributed by atoms with Crippen LogP contribution in [0.3, 0.4) is 0 Å². The molecule has 1 N–H and O–H groups in total. The molecule has 6 aromatic carbocycles. The topological polar surface area (TPSA) is 21.9 Å². The molecule has 0 aliphatic rings. The van der Waals surface area contributed by atoms with E-state index in [0.29, 0.717) is 0 Å². The Kier molecular flexibility index (Phi) is 8.99. The summed E-state index contributed by atoms with van der Waals surface area (Å²) in [7, 11) is 0. The van der Waals surface area contributed by atoms with Crippen LogP contribution in [0.4, 0.5) is 0 Å². The Morgan fingerprint density at radius 1 is 0.592 bits per heavy atom. The molecule has 2 aromatic heterocycles. The second-order valence-corrected chi connectivity index (χ2v) is 12.0. The van der Waals surface area contributed by atoms with Crippen molar-refractivity contribution in [1.82, 2.24) is 9.24 Å². The smallest absolute Gasteiger partial charge is 0.0858 e. The summed E-state index contributed by atoms with van der Waals surface area (Å²) in [6, 6.07) is 52.3. The molecule has 3 heteroatoms. The van der Waals surface area contributed by atoms with Gasteiger partial charge in [0.1, 0.15) is 0 Å². The van der Waals surface area contributed by atoms with Gasteiger partial charge in [-0.3, -0.25) is 4.68 Å². The van der Waals surface area contributed by atoms with Crippen LogP contribution in [0.2, 0.25) is 0 Å². The second-order valence-electron chi connectivity index (χ2n) is 12.0. The molecule has 0 saturated heterocycles. The monoisotopic (exact) mass is 635 g/mol. The molecule has 0 bridgehead atoms. The molecule has 0 spiro atoms. The first kappa shape index (κ1) is 31.5. The number of hydrogen-bond acceptors (Lipinski definition) is 1. The van der Waals surface area contributed by atoms with Gasteiger partial charge in [0.05, 0.1) is 28.1 Å². The lowest BCUT2D eigenvalue weighted by molar-refractivity contribution is 0.817. The van der Waals surface area contributed by atoms with Crippen LogP contribution in [0, 0.1) is 0 Å². The van der Waals surface area contributed by atoms with Crippen LogP contribution in [0.15, 0.2) is 182 Å². The number of aromatic nitrogens is 2. The van der Waals surface area contributed by atoms with Crippen LogP contribution in [-0.2, 0) is 0 Å². The SMILES string of the molecule is C=C/C=C(C)/C=C\C(Nn1c2ccccc2c2cc(-c3ccc4c(c3)c3ccccc3n4-c3ccccc3)ccc21)c1ccccc1.CC. The van der Waals surface area contributed by atoms with E-state index in [1.54, 1.807) is 0 Å². The number of hydrogen-bond donors (Lipinski definition) is 1. The Morgan fingerprint density at radius 2 is 1.10 bits per heavy atom. The molecule has 49 heavy (non-hydrogen) atoms. The van der Waals surface area contributed by atoms with Gasteiger partial charge in [0, 0.05) is 27.2 Å². The van der Waals surface area contributed by atoms with Crippen LogP contribution in [0.5, 0.6) is 0 Å². The summed E-state index contributed by atoms with van der Waals surface area (Å²) in [4.78, 5) is 0. The molecule has 0 saturated carbocycles. The fourth-order valence-electron chi connectivity index (χ4n) is 6.82. The predicted molar refractivity (Wildman–Crippen MR) is 212 cm³/mol. The Hall–Kier alpha value is -6.06. The minimum Gasteiger partial charge on any atom is -0.314 e. The van der Waals surface area contributed by atoms with Crippen molar-refractivity contribution in [2.45, 2.75) is 26.8 Å². The number of nitrogens with one attached hydrogen (secondary N) is 1. The van der Waals surface area contributed by atoms with Gasteiger partial charge >= 0.3 is 0 Å². The van der Waals surface area contributed by atoms with Gasteiger partial charge in [-0.25, -0.2) is 0 Å². The maximum Gasteiger partial charge on any atom is 0.0858 e. The Morgan fingerprint density at radius 3 is 1.78 bits per heavy atom. The highest BCUT2D eigenvalue weighted by molar-refractivity contribution is 6.12. The Bertz CT molecular complexity index is 2460. The molecule has 0 aliphatic carbocycles. The van der Waals surface area contributed by atoms with Crippen molar-refractivity contribution >= 4 is 43.6 Å². The minimum absolute atomic E-state index is 0.0348. The molecule has 240 valence electrons. The van der Waals surface area contributed by atoms with E-state index in [0.717, 1.165) is 16.6 Å². The van der Waals surface area contributed by atoms with E-state index >= 15 is 0 Å². The van der Waals surface area contributed by atoms with Crippen molar-refractivity contribution in [1.29, 1.82) is 0 Å². The van der Waals surface area contributed by atoms with Crippen molar-refractivity contribution in [2.24, 2.45) is 0 Å². The number of para-hydroxylation sites is 3. The molecule has 0 radical (unpaired) electrons. The average molecular weight is 636 g/mol. The normalized spacial score (nSPS) is 12.4. The number of allylic oxidation sites excluding steroid dienone is 4. The number of rotatable bonds is 8. The van der Waals surface area contributed by atoms with Crippen LogP contribution in [0.1, 0.15) is 32.4 Å². The van der Waals surface area contributed by atoms with E-state index < -0.39 is 0 Å². The summed E-state index contributed by atoms with van der Waals surface area (Å²) in [6.07, 6.45) is 8.23. The molecule has 0 fully saturated rings. The van der Waals surface area contributed by atoms with Crippen molar-refractivity contribution < 1.29 is 0 Å². The predicted octanol–water partition coefficient (Wildman–Crippen LogP) is 12.6. The van der Waals surface area contributed by atoms with Gasteiger partial charge < -0.3 is 9.99 Å². The summed E-state index contributed by atoms with van der Waals surface area (Å²) >= 11 is 0. The molecule has 1 unspecified atom stereocenters. The lowest BCUT2D eigenvalue weighted by Crippen LogP contribution is -2.19. The molecular weight excluding hydrogens is 595 g/mol. The third-order valence-electron chi connectivity index (χ3n) is 9.05. The molecule has 0 amide bonds. The molecular formula is C46H41N3. The zero-order chi connectivity index (χ0) is 33.7. The molecule has 0 aliphatic heterocycles. The van der Waals surface area contributed by atoms with Gasteiger partial charge in [-0.1, -0.05) is 147 Å². The third-order valence-corrected chi connectivity index (χ3v) is 9.05. The Balaban J connectivity index is 0.00000186. The van der Waals surface area contributed by atoms with Crippen LogP contribution in [-0.4, -0.2) is 9.24 Å². The van der Waals surface area contributed by atoms with Crippen LogP contribution in [0.25, 0.3) is 60.4 Å². The van der Waals surface area contributed by atoms with Crippen molar-refractivity contribution in [3.63, 3.8) is 0 Å². The minimum atomic E-state index is -0.0348. The summed E-state index contributed by atoms with van der Waals surface area (Å²) in [5, 5.41) is 4.95. The number of benzene rings is 6. The van der Waals surface area contributed by atoms with Crippen LogP contribution < -0.4 is 5.43 Å². The van der Waals surface area contributed by atoms with Crippen molar-refractivity contribution in [3.8, 4) is 16.8 Å². The van der Waals surface area contributed by atoms with Crippen molar-refractivity contribution in [3.05, 3.63) is 188 Å². The van der Waals surface area contributed by atoms with E-state index in [-0.39, 0.29) is 6.04 Å². The van der Waals surface area contributed by atoms with Gasteiger partial charge in [-0.2, -0.15) is 0 Å². The van der Waals surface area contributed by atoms with E-state index in [1.807, 2.05) is 26.0 Å². The largest absolute Gasteiger partial charge is 0.314 e. The number of fused-ring (bicyclic) bond motifs is 6. The quantitative estimate of drug-likeness (QED) is 0.165. The molecule has 8 rings (SSSR count). The Labute approximate surface area is 288 Å². The first-order chi connectivity index (χ1) is 24.2. The van der Waals surface area contributed by atoms with Crippen molar-refractivity contribution in [2.75, 3.05) is 5.43 Å². The highest BCUT2D eigenvalue weighted by Gasteiger charge is 2.17. The van der Waals surface area contributed by atoms with Gasteiger partial charge in [0.25, 0.3) is 0 Å². The fourth-order valence-corrected chi connectivity index (χ4v) is 6.82. The first-order valence-electron chi connectivity index (χ1n) is 17.1. The van der Waals surface area contributed by atoms with Crippen LogP contribution >= 0.6 is 0 Å². The van der Waals surface area contributed by atoms with E-state index in [4.69, 9.17) is 0 Å². The highest BCUT2D eigenvalue weighted by Crippen LogP contribution is 2.37. The third kappa shape index (κ3) is 5.96. The zero-order valence-electron chi connectivity index (χ0n) is 28.3. The molecule has 2 heterocycles. The highest BCUT2D eigenvalue weighted by atomic mass is 15.4.